The number of rotatable bonds is 4. The van der Waals surface area contributed by atoms with E-state index in [9.17, 15) is 14.4 Å². The second-order valence-electron chi connectivity index (χ2n) is 9.53. The molecule has 3 rings (SSSR count). The number of hydrogen-bond donors (Lipinski definition) is 1. The first-order chi connectivity index (χ1) is 14.5. The highest BCUT2D eigenvalue weighted by Crippen LogP contribution is 2.26. The van der Waals surface area contributed by atoms with Gasteiger partial charge in [0.15, 0.2) is 0 Å². The highest BCUT2D eigenvalue weighted by molar-refractivity contribution is 5.98. The summed E-state index contributed by atoms with van der Waals surface area (Å²) in [6, 6.07) is 7.35. The Morgan fingerprint density at radius 3 is 2.32 bits per heavy atom. The van der Waals surface area contributed by atoms with Gasteiger partial charge in [-0.2, -0.15) is 0 Å². The van der Waals surface area contributed by atoms with Gasteiger partial charge in [-0.1, -0.05) is 6.07 Å². The first-order valence-corrected chi connectivity index (χ1v) is 10.9. The van der Waals surface area contributed by atoms with Gasteiger partial charge in [0.2, 0.25) is 5.91 Å². The number of likely N-dealkylation sites (tertiary alicyclic amines) is 2. The monoisotopic (exact) mass is 430 g/mol. The van der Waals surface area contributed by atoms with Crippen molar-refractivity contribution in [2.24, 2.45) is 0 Å². The maximum atomic E-state index is 12.6. The molecule has 2 aliphatic heterocycles. The second-order valence-corrected chi connectivity index (χ2v) is 9.53. The van der Waals surface area contributed by atoms with Crippen LogP contribution >= 0.6 is 0 Å². The normalized spacial score (nSPS) is 18.3. The maximum Gasteiger partial charge on any atom is 0.410 e. The molecule has 3 amide bonds. The molecule has 0 bridgehead atoms. The minimum absolute atomic E-state index is 0.0326. The van der Waals surface area contributed by atoms with E-state index in [0.29, 0.717) is 37.2 Å². The van der Waals surface area contributed by atoms with Gasteiger partial charge >= 0.3 is 6.09 Å². The smallest absolute Gasteiger partial charge is 0.410 e. The number of carbonyl (C=O) groups is 3. The van der Waals surface area contributed by atoms with Crippen LogP contribution in [0.1, 0.15) is 50.9 Å². The standard InChI is InChI=1S/C23H34N4O4/c1-16(28)27(19-9-11-26(12-10-19)22(30)31-23(2,3)4)20-8-6-7-17(13-20)21(29)24-18-14-25(5)15-18/h6-8,13,18-19H,9-12,14-15H2,1-5H3,(H,24,29). The second kappa shape index (κ2) is 9.26. The Kier molecular flexibility index (Phi) is 6.89. The highest BCUT2D eigenvalue weighted by Gasteiger charge is 2.32. The van der Waals surface area contributed by atoms with E-state index >= 15 is 0 Å². The number of nitrogens with one attached hydrogen (secondary N) is 1. The van der Waals surface area contributed by atoms with Crippen LogP contribution in [0.2, 0.25) is 0 Å². The van der Waals surface area contributed by atoms with E-state index in [1.165, 1.54) is 6.92 Å². The van der Waals surface area contributed by atoms with E-state index < -0.39 is 5.60 Å². The molecule has 2 aliphatic rings. The van der Waals surface area contributed by atoms with Crippen LogP contribution in [0.3, 0.4) is 0 Å². The predicted octanol–water partition coefficient (Wildman–Crippen LogP) is 2.48. The fraction of sp³-hybridized carbons (Fsp3) is 0.609. The Hall–Kier alpha value is -2.61. The van der Waals surface area contributed by atoms with E-state index in [-0.39, 0.29) is 30.0 Å². The third kappa shape index (κ3) is 5.97. The number of ether oxygens (including phenoxy) is 1. The largest absolute Gasteiger partial charge is 0.444 e. The summed E-state index contributed by atoms with van der Waals surface area (Å²) in [6.07, 6.45) is 0.994. The quantitative estimate of drug-likeness (QED) is 0.794. The first-order valence-electron chi connectivity index (χ1n) is 10.9. The minimum atomic E-state index is -0.532. The fourth-order valence-electron chi connectivity index (χ4n) is 4.14. The van der Waals surface area contributed by atoms with Gasteiger partial charge in [-0.3, -0.25) is 9.59 Å². The van der Waals surface area contributed by atoms with Gasteiger partial charge in [0.25, 0.3) is 5.91 Å². The van der Waals surface area contributed by atoms with Gasteiger partial charge in [0.1, 0.15) is 5.60 Å². The Balaban J connectivity index is 1.65. The lowest BCUT2D eigenvalue weighted by Gasteiger charge is -2.38. The Morgan fingerprint density at radius 1 is 1.13 bits per heavy atom. The van der Waals surface area contributed by atoms with Gasteiger partial charge in [-0.05, 0) is 58.9 Å². The molecule has 0 atom stereocenters. The number of hydrogen-bond acceptors (Lipinski definition) is 5. The van der Waals surface area contributed by atoms with Crippen molar-refractivity contribution in [2.75, 3.05) is 38.1 Å². The van der Waals surface area contributed by atoms with Crippen molar-refractivity contribution in [3.8, 4) is 0 Å². The molecule has 1 N–H and O–H groups in total. The van der Waals surface area contributed by atoms with Crippen LogP contribution in [0.4, 0.5) is 10.5 Å². The molecule has 0 spiro atoms. The van der Waals surface area contributed by atoms with Crippen LogP contribution in [0.25, 0.3) is 0 Å². The number of carbonyl (C=O) groups excluding carboxylic acids is 3. The number of piperidine rings is 1. The Labute approximate surface area is 184 Å². The summed E-state index contributed by atoms with van der Waals surface area (Å²) < 4.78 is 5.46. The van der Waals surface area contributed by atoms with Gasteiger partial charge < -0.3 is 24.8 Å². The zero-order chi connectivity index (χ0) is 22.8. The topological polar surface area (TPSA) is 82.2 Å². The molecule has 1 aromatic carbocycles. The summed E-state index contributed by atoms with van der Waals surface area (Å²) in [7, 11) is 2.02. The molecule has 0 aliphatic carbocycles. The third-order valence-corrected chi connectivity index (χ3v) is 5.61. The molecule has 8 heteroatoms. The van der Waals surface area contributed by atoms with Crippen molar-refractivity contribution in [3.63, 3.8) is 0 Å². The van der Waals surface area contributed by atoms with Crippen LogP contribution in [0, 0.1) is 0 Å². The Bertz CT molecular complexity index is 821. The van der Waals surface area contributed by atoms with Gasteiger partial charge in [0.05, 0.1) is 6.04 Å². The van der Waals surface area contributed by atoms with Crippen molar-refractivity contribution < 1.29 is 19.1 Å². The van der Waals surface area contributed by atoms with Crippen LogP contribution < -0.4 is 10.2 Å². The minimum Gasteiger partial charge on any atom is -0.444 e. The molecule has 31 heavy (non-hydrogen) atoms. The summed E-state index contributed by atoms with van der Waals surface area (Å²) in [4.78, 5) is 43.0. The SMILES string of the molecule is CC(=O)N(c1cccc(C(=O)NC2CN(C)C2)c1)C1CCN(C(=O)OC(C)(C)C)CC1. The van der Waals surface area contributed by atoms with Crippen molar-refractivity contribution in [2.45, 2.75) is 58.2 Å². The number of nitrogens with zero attached hydrogens (tertiary/aromatic N) is 3. The first kappa shape index (κ1) is 23.1. The van der Waals surface area contributed by atoms with Crippen molar-refractivity contribution in [3.05, 3.63) is 29.8 Å². The van der Waals surface area contributed by atoms with Crippen molar-refractivity contribution in [1.29, 1.82) is 0 Å². The zero-order valence-electron chi connectivity index (χ0n) is 19.2. The average molecular weight is 431 g/mol. The summed E-state index contributed by atoms with van der Waals surface area (Å²) in [6.45, 7) is 9.83. The van der Waals surface area contributed by atoms with Crippen LogP contribution in [-0.2, 0) is 9.53 Å². The number of likely N-dealkylation sites (N-methyl/N-ethyl adjacent to an activating group) is 1. The summed E-state index contributed by atoms with van der Waals surface area (Å²) in [5, 5.41) is 3.03. The Morgan fingerprint density at radius 2 is 1.77 bits per heavy atom. The molecule has 0 saturated carbocycles. The third-order valence-electron chi connectivity index (χ3n) is 5.61. The lowest BCUT2D eigenvalue weighted by atomic mass is 10.0. The maximum absolute atomic E-state index is 12.6. The van der Waals surface area contributed by atoms with Crippen molar-refractivity contribution in [1.82, 2.24) is 15.1 Å². The average Bonchev–Trinajstić information content (AvgIpc) is 2.66. The molecule has 0 unspecified atom stereocenters. The van der Waals surface area contributed by atoms with Crippen LogP contribution in [0.5, 0.6) is 0 Å². The molecule has 8 nitrogen and oxygen atoms in total. The summed E-state index contributed by atoms with van der Waals surface area (Å²) >= 11 is 0. The molecule has 0 radical (unpaired) electrons. The molecule has 0 aromatic heterocycles. The van der Waals surface area contributed by atoms with E-state index in [1.54, 1.807) is 21.9 Å². The summed E-state index contributed by atoms with van der Waals surface area (Å²) in [5.74, 6) is -0.197. The van der Waals surface area contributed by atoms with Crippen LogP contribution in [0.15, 0.2) is 24.3 Å². The highest BCUT2D eigenvalue weighted by atomic mass is 16.6. The predicted molar refractivity (Wildman–Crippen MR) is 119 cm³/mol. The molecule has 2 saturated heterocycles. The van der Waals surface area contributed by atoms with E-state index in [2.05, 4.69) is 10.2 Å². The fourth-order valence-corrected chi connectivity index (χ4v) is 4.14. The number of amides is 3. The number of benzene rings is 1. The molecular weight excluding hydrogens is 396 g/mol. The molecular formula is C23H34N4O4. The van der Waals surface area contributed by atoms with Crippen LogP contribution in [-0.4, -0.2) is 78.6 Å². The molecule has 1 aromatic rings. The lowest BCUT2D eigenvalue weighted by Crippen LogP contribution is -2.57. The molecule has 2 fully saturated rings. The lowest BCUT2D eigenvalue weighted by molar-refractivity contribution is -0.117. The number of anilines is 1. The molecule has 170 valence electrons. The van der Waals surface area contributed by atoms with Gasteiger partial charge in [0, 0.05) is 50.4 Å². The summed E-state index contributed by atoms with van der Waals surface area (Å²) in [5.41, 5.74) is 0.723. The van der Waals surface area contributed by atoms with E-state index in [4.69, 9.17) is 4.74 Å². The molecule has 2 heterocycles. The van der Waals surface area contributed by atoms with Gasteiger partial charge in [-0.15, -0.1) is 0 Å². The van der Waals surface area contributed by atoms with E-state index in [1.807, 2.05) is 40.0 Å². The van der Waals surface area contributed by atoms with Crippen molar-refractivity contribution >= 4 is 23.6 Å². The zero-order valence-corrected chi connectivity index (χ0v) is 19.2. The van der Waals surface area contributed by atoms with Gasteiger partial charge in [-0.25, -0.2) is 4.79 Å². The van der Waals surface area contributed by atoms with E-state index in [0.717, 1.165) is 13.1 Å².